The van der Waals surface area contributed by atoms with E-state index in [-0.39, 0.29) is 19.1 Å². The van der Waals surface area contributed by atoms with E-state index in [4.69, 9.17) is 0 Å². The van der Waals surface area contributed by atoms with Crippen molar-refractivity contribution in [3.05, 3.63) is 41.5 Å². The fourth-order valence-corrected chi connectivity index (χ4v) is 1.68. The van der Waals surface area contributed by atoms with Gasteiger partial charge in [0.05, 0.1) is 18.8 Å². The van der Waals surface area contributed by atoms with Crippen LogP contribution < -0.4 is 5.32 Å². The normalized spacial score (nSPS) is 11.8. The molecule has 0 aromatic heterocycles. The third kappa shape index (κ3) is 4.19. The van der Waals surface area contributed by atoms with Crippen molar-refractivity contribution in [1.29, 1.82) is 0 Å². The van der Waals surface area contributed by atoms with Crippen LogP contribution in [-0.2, 0) is 4.79 Å². The van der Waals surface area contributed by atoms with Gasteiger partial charge in [-0.3, -0.25) is 4.79 Å². The Labute approximate surface area is 113 Å². The summed E-state index contributed by atoms with van der Waals surface area (Å²) in [4.78, 5) is 11.8. The van der Waals surface area contributed by atoms with Gasteiger partial charge in [-0.25, -0.2) is 0 Å². The monoisotopic (exact) mass is 263 g/mol. The molecule has 19 heavy (non-hydrogen) atoms. The van der Waals surface area contributed by atoms with Gasteiger partial charge in [-0.1, -0.05) is 31.2 Å². The molecular formula is C15H21NO3. The molecule has 1 rings (SSSR count). The smallest absolute Gasteiger partial charge is 0.244 e. The predicted molar refractivity (Wildman–Crippen MR) is 75.5 cm³/mol. The molecule has 0 saturated carbocycles. The van der Waals surface area contributed by atoms with Gasteiger partial charge >= 0.3 is 0 Å². The second-order valence-corrected chi connectivity index (χ2v) is 4.63. The number of hydrogen-bond acceptors (Lipinski definition) is 3. The molecule has 104 valence electrons. The zero-order valence-corrected chi connectivity index (χ0v) is 11.4. The maximum absolute atomic E-state index is 11.8. The summed E-state index contributed by atoms with van der Waals surface area (Å²) in [5, 5.41) is 21.2. The summed E-state index contributed by atoms with van der Waals surface area (Å²) in [6.45, 7) is 3.20. The average Bonchev–Trinajstić information content (AvgIpc) is 2.44. The molecule has 0 aliphatic rings. The Morgan fingerprint density at radius 1 is 1.32 bits per heavy atom. The van der Waals surface area contributed by atoms with E-state index < -0.39 is 5.54 Å². The lowest BCUT2D eigenvalue weighted by atomic mass is 9.98. The predicted octanol–water partition coefficient (Wildman–Crippen LogP) is 1.26. The maximum atomic E-state index is 11.8. The number of aryl methyl sites for hydroxylation is 1. The molecule has 0 unspecified atom stereocenters. The Hall–Kier alpha value is -1.65. The van der Waals surface area contributed by atoms with Crippen LogP contribution in [0.3, 0.4) is 0 Å². The fraction of sp³-hybridized carbons (Fsp3) is 0.400. The number of amides is 1. The minimum atomic E-state index is -0.951. The van der Waals surface area contributed by atoms with Crippen LogP contribution in [0.15, 0.2) is 30.3 Å². The Morgan fingerprint density at radius 2 is 1.95 bits per heavy atom. The topological polar surface area (TPSA) is 69.6 Å². The largest absolute Gasteiger partial charge is 0.394 e. The van der Waals surface area contributed by atoms with Gasteiger partial charge < -0.3 is 15.5 Å². The molecule has 0 saturated heterocycles. The van der Waals surface area contributed by atoms with Gasteiger partial charge in [0.25, 0.3) is 0 Å². The summed E-state index contributed by atoms with van der Waals surface area (Å²) < 4.78 is 0. The van der Waals surface area contributed by atoms with Crippen LogP contribution in [0.25, 0.3) is 6.08 Å². The Balaban J connectivity index is 2.73. The SMILES string of the molecule is CCC(CO)(CO)NC(=O)/C=C/c1ccccc1C. The van der Waals surface area contributed by atoms with Crippen LogP contribution >= 0.6 is 0 Å². The van der Waals surface area contributed by atoms with E-state index in [2.05, 4.69) is 5.32 Å². The lowest BCUT2D eigenvalue weighted by Crippen LogP contribution is -2.53. The fourth-order valence-electron chi connectivity index (χ4n) is 1.68. The Morgan fingerprint density at radius 3 is 2.47 bits per heavy atom. The molecule has 1 amide bonds. The summed E-state index contributed by atoms with van der Waals surface area (Å²) in [5.74, 6) is -0.326. The first-order chi connectivity index (χ1) is 9.06. The minimum absolute atomic E-state index is 0.288. The van der Waals surface area contributed by atoms with Gasteiger partial charge in [0.2, 0.25) is 5.91 Å². The van der Waals surface area contributed by atoms with Crippen molar-refractivity contribution in [3.8, 4) is 0 Å². The lowest BCUT2D eigenvalue weighted by molar-refractivity contribution is -0.119. The standard InChI is InChI=1S/C15H21NO3/c1-3-15(10-17,11-18)16-14(19)9-8-13-7-5-4-6-12(13)2/h4-9,17-18H,3,10-11H2,1-2H3,(H,16,19)/b9-8+. The third-order valence-corrected chi connectivity index (χ3v) is 3.27. The molecule has 0 fully saturated rings. The Bertz CT molecular complexity index is 442. The number of carbonyl (C=O) groups excluding carboxylic acids is 1. The van der Waals surface area contributed by atoms with Crippen LogP contribution in [0.5, 0.6) is 0 Å². The average molecular weight is 263 g/mol. The zero-order chi connectivity index (χ0) is 14.3. The zero-order valence-electron chi connectivity index (χ0n) is 11.4. The van der Waals surface area contributed by atoms with Gasteiger partial charge in [0.1, 0.15) is 0 Å². The molecule has 0 bridgehead atoms. The van der Waals surface area contributed by atoms with Crippen molar-refractivity contribution < 1.29 is 15.0 Å². The molecule has 4 heteroatoms. The first-order valence-corrected chi connectivity index (χ1v) is 6.34. The van der Waals surface area contributed by atoms with Crippen molar-refractivity contribution in [1.82, 2.24) is 5.32 Å². The molecule has 0 atom stereocenters. The van der Waals surface area contributed by atoms with E-state index in [0.717, 1.165) is 11.1 Å². The van der Waals surface area contributed by atoms with Crippen LogP contribution in [-0.4, -0.2) is 34.9 Å². The number of nitrogens with one attached hydrogen (secondary N) is 1. The molecule has 0 aliphatic heterocycles. The van der Waals surface area contributed by atoms with Crippen LogP contribution in [0.2, 0.25) is 0 Å². The molecule has 0 radical (unpaired) electrons. The van der Waals surface area contributed by atoms with Crippen LogP contribution in [0.1, 0.15) is 24.5 Å². The van der Waals surface area contributed by atoms with E-state index in [1.54, 1.807) is 13.0 Å². The van der Waals surface area contributed by atoms with Crippen molar-refractivity contribution in [3.63, 3.8) is 0 Å². The van der Waals surface area contributed by atoms with Crippen molar-refractivity contribution >= 4 is 12.0 Å². The lowest BCUT2D eigenvalue weighted by Gasteiger charge is -2.29. The first-order valence-electron chi connectivity index (χ1n) is 6.34. The van der Waals surface area contributed by atoms with Gasteiger partial charge in [0, 0.05) is 6.08 Å². The summed E-state index contributed by atoms with van der Waals surface area (Å²) in [5.41, 5.74) is 1.10. The van der Waals surface area contributed by atoms with E-state index >= 15 is 0 Å². The molecule has 0 heterocycles. The third-order valence-electron chi connectivity index (χ3n) is 3.27. The number of aliphatic hydroxyl groups excluding tert-OH is 2. The molecule has 4 nitrogen and oxygen atoms in total. The number of hydrogen-bond donors (Lipinski definition) is 3. The highest BCUT2D eigenvalue weighted by Gasteiger charge is 2.27. The molecule has 0 aliphatic carbocycles. The molecule has 0 spiro atoms. The maximum Gasteiger partial charge on any atom is 0.244 e. The summed E-state index contributed by atoms with van der Waals surface area (Å²) in [6.07, 6.45) is 3.60. The van der Waals surface area contributed by atoms with E-state index in [1.807, 2.05) is 31.2 Å². The first kappa shape index (κ1) is 15.4. The molecule has 1 aromatic rings. The van der Waals surface area contributed by atoms with Crippen LogP contribution in [0.4, 0.5) is 0 Å². The number of rotatable bonds is 6. The highest BCUT2D eigenvalue weighted by molar-refractivity contribution is 5.92. The number of aliphatic hydroxyl groups is 2. The van der Waals surface area contributed by atoms with Gasteiger partial charge in [-0.15, -0.1) is 0 Å². The quantitative estimate of drug-likeness (QED) is 0.677. The van der Waals surface area contributed by atoms with Gasteiger partial charge in [0.15, 0.2) is 0 Å². The second-order valence-electron chi connectivity index (χ2n) is 4.63. The van der Waals surface area contributed by atoms with E-state index in [1.165, 1.54) is 6.08 Å². The van der Waals surface area contributed by atoms with Gasteiger partial charge in [-0.05, 0) is 30.5 Å². The second kappa shape index (κ2) is 7.07. The molecule has 1 aromatic carbocycles. The van der Waals surface area contributed by atoms with Gasteiger partial charge in [-0.2, -0.15) is 0 Å². The van der Waals surface area contributed by atoms with Crippen molar-refractivity contribution in [2.24, 2.45) is 0 Å². The van der Waals surface area contributed by atoms with Crippen LogP contribution in [0, 0.1) is 6.92 Å². The molecule has 3 N–H and O–H groups in total. The Kier molecular flexibility index (Phi) is 5.73. The number of carbonyl (C=O) groups is 1. The minimum Gasteiger partial charge on any atom is -0.394 e. The highest BCUT2D eigenvalue weighted by Crippen LogP contribution is 2.10. The summed E-state index contributed by atoms with van der Waals surface area (Å²) in [6, 6.07) is 7.73. The summed E-state index contributed by atoms with van der Waals surface area (Å²) >= 11 is 0. The summed E-state index contributed by atoms with van der Waals surface area (Å²) in [7, 11) is 0. The van der Waals surface area contributed by atoms with E-state index in [9.17, 15) is 15.0 Å². The van der Waals surface area contributed by atoms with Crippen molar-refractivity contribution in [2.45, 2.75) is 25.8 Å². The number of benzene rings is 1. The molecular weight excluding hydrogens is 242 g/mol. The highest BCUT2D eigenvalue weighted by atomic mass is 16.3. The van der Waals surface area contributed by atoms with E-state index in [0.29, 0.717) is 6.42 Å². The van der Waals surface area contributed by atoms with Crippen molar-refractivity contribution in [2.75, 3.05) is 13.2 Å².